The Balaban J connectivity index is 5.52. The predicted octanol–water partition coefficient (Wildman–Crippen LogP) is 0.741. The number of sulfone groups is 1. The molecule has 0 aromatic carbocycles. The van der Waals surface area contributed by atoms with Crippen molar-refractivity contribution in [3.05, 3.63) is 0 Å². The van der Waals surface area contributed by atoms with Crippen LogP contribution in [-0.2, 0) is 19.4 Å². The van der Waals surface area contributed by atoms with Gasteiger partial charge < -0.3 is 9.84 Å². The summed E-state index contributed by atoms with van der Waals surface area (Å²) in [6.07, 6.45) is -1.00. The molecule has 0 saturated heterocycles. The lowest BCUT2D eigenvalue weighted by Crippen LogP contribution is -2.45. The van der Waals surface area contributed by atoms with E-state index in [0.29, 0.717) is 0 Å². The molecule has 1 N–H and O–H groups in total. The number of ether oxygens (including phenoxy) is 1. The van der Waals surface area contributed by atoms with Gasteiger partial charge in [0.2, 0.25) is 0 Å². The maximum atomic E-state index is 12.0. The number of hydrogen-bond acceptors (Lipinski definition) is 5. The van der Waals surface area contributed by atoms with Crippen molar-refractivity contribution in [1.82, 2.24) is 4.90 Å². The average molecular weight is 298 g/mol. The highest BCUT2D eigenvalue weighted by Crippen LogP contribution is 2.13. The lowest BCUT2D eigenvalue weighted by atomic mass is 10.2. The van der Waals surface area contributed by atoms with Crippen molar-refractivity contribution in [2.75, 3.05) is 19.0 Å². The summed E-state index contributed by atoms with van der Waals surface area (Å²) in [5, 5.41) is 9.16. The summed E-state index contributed by atoms with van der Waals surface area (Å²) in [7, 11) is -3.52. The maximum Gasteiger partial charge on any atom is 0.410 e. The fourth-order valence-electron chi connectivity index (χ4n) is 1.13. The highest BCUT2D eigenvalue weighted by atomic mass is 32.2. The van der Waals surface area contributed by atoms with Crippen LogP contribution < -0.4 is 0 Å². The summed E-state index contributed by atoms with van der Waals surface area (Å²) in [6, 6.07) is -1.84. The molecule has 0 unspecified atom stereocenters. The number of carboxylic acids is 1. The van der Waals surface area contributed by atoms with Gasteiger partial charge in [-0.3, -0.25) is 4.90 Å². The normalized spacial score (nSPS) is 16.7. The summed E-state index contributed by atoms with van der Waals surface area (Å²) in [5.74, 6) is -2.19. The largest absolute Gasteiger partial charge is 0.480 e. The molecule has 0 aliphatic heterocycles. The van der Waals surface area contributed by atoms with Gasteiger partial charge in [-0.2, -0.15) is 0 Å². The van der Waals surface area contributed by atoms with Gasteiger partial charge in [0.15, 0.2) is 0 Å². The summed E-state index contributed by atoms with van der Waals surface area (Å²) in [4.78, 5) is 23.4. The standard InChI is InChI=1S/C11H21NO6S/c1-11(2,3)18-10(15)12(4)8(9(13)14)6-7-19(5,16)17/h8H,6-7H2,1-5H3,(H,13,14)/t8-/m0/s1/i4D3. The minimum Gasteiger partial charge on any atom is -0.480 e. The number of aliphatic carboxylic acids is 1. The van der Waals surface area contributed by atoms with Crippen LogP contribution in [0.2, 0.25) is 0 Å². The van der Waals surface area contributed by atoms with Crippen LogP contribution >= 0.6 is 0 Å². The summed E-state index contributed by atoms with van der Waals surface area (Å²) >= 11 is 0. The monoisotopic (exact) mass is 298 g/mol. The molecule has 0 rings (SSSR count). The molecule has 19 heavy (non-hydrogen) atoms. The van der Waals surface area contributed by atoms with E-state index < -0.39 is 52.7 Å². The molecule has 0 fully saturated rings. The molecule has 1 amide bonds. The first-order valence-corrected chi connectivity index (χ1v) is 7.53. The molecule has 0 aromatic rings. The Morgan fingerprint density at radius 1 is 1.42 bits per heavy atom. The van der Waals surface area contributed by atoms with Crippen LogP contribution in [0.15, 0.2) is 0 Å². The second-order valence-electron chi connectivity index (χ2n) is 5.12. The third-order valence-corrected chi connectivity index (χ3v) is 2.93. The van der Waals surface area contributed by atoms with Crippen LogP contribution in [0.1, 0.15) is 31.3 Å². The van der Waals surface area contributed by atoms with E-state index >= 15 is 0 Å². The van der Waals surface area contributed by atoms with Gasteiger partial charge in [0.1, 0.15) is 21.5 Å². The second-order valence-corrected chi connectivity index (χ2v) is 7.38. The van der Waals surface area contributed by atoms with Crippen molar-refractivity contribution < 1.29 is 32.0 Å². The lowest BCUT2D eigenvalue weighted by molar-refractivity contribution is -0.142. The number of likely N-dealkylation sites (N-methyl/N-ethyl adjacent to an activating group) is 1. The Hall–Kier alpha value is -1.31. The van der Waals surface area contributed by atoms with Crippen LogP contribution in [0, 0.1) is 0 Å². The van der Waals surface area contributed by atoms with Gasteiger partial charge in [-0.05, 0) is 27.2 Å². The minimum absolute atomic E-state index is 0.0891. The van der Waals surface area contributed by atoms with Gasteiger partial charge in [-0.15, -0.1) is 0 Å². The molecule has 8 heteroatoms. The average Bonchev–Trinajstić information content (AvgIpc) is 2.16. The third kappa shape index (κ3) is 7.66. The Morgan fingerprint density at radius 3 is 2.26 bits per heavy atom. The van der Waals surface area contributed by atoms with Gasteiger partial charge >= 0.3 is 12.1 Å². The highest BCUT2D eigenvalue weighted by Gasteiger charge is 2.30. The lowest BCUT2D eigenvalue weighted by Gasteiger charge is -2.28. The number of nitrogens with zero attached hydrogens (tertiary/aromatic N) is 1. The number of carbonyl (C=O) groups excluding carboxylic acids is 1. The Labute approximate surface area is 117 Å². The molecule has 0 spiro atoms. The van der Waals surface area contributed by atoms with Crippen LogP contribution in [0.5, 0.6) is 0 Å². The Bertz CT molecular complexity index is 523. The van der Waals surface area contributed by atoms with E-state index in [0.717, 1.165) is 6.26 Å². The van der Waals surface area contributed by atoms with Crippen molar-refractivity contribution in [1.29, 1.82) is 0 Å². The van der Waals surface area contributed by atoms with E-state index in [1.165, 1.54) is 20.8 Å². The second kappa shape index (κ2) is 6.23. The molecule has 0 heterocycles. The number of carbonyl (C=O) groups is 2. The fourth-order valence-corrected chi connectivity index (χ4v) is 1.78. The van der Waals surface area contributed by atoms with E-state index in [2.05, 4.69) is 0 Å². The van der Waals surface area contributed by atoms with Crippen LogP contribution in [0.25, 0.3) is 0 Å². The molecule has 112 valence electrons. The zero-order valence-electron chi connectivity index (χ0n) is 14.3. The smallest absolute Gasteiger partial charge is 0.410 e. The van der Waals surface area contributed by atoms with Crippen molar-refractivity contribution >= 4 is 21.9 Å². The molecule has 0 saturated carbocycles. The van der Waals surface area contributed by atoms with E-state index in [-0.39, 0.29) is 4.90 Å². The van der Waals surface area contributed by atoms with Crippen molar-refractivity contribution in [2.24, 2.45) is 0 Å². The Kier molecular flexibility index (Phi) is 4.16. The van der Waals surface area contributed by atoms with E-state index in [9.17, 15) is 18.0 Å². The number of amides is 1. The van der Waals surface area contributed by atoms with E-state index in [1.807, 2.05) is 0 Å². The minimum atomic E-state index is -3.52. The van der Waals surface area contributed by atoms with E-state index in [4.69, 9.17) is 14.0 Å². The molecule has 0 radical (unpaired) electrons. The quantitative estimate of drug-likeness (QED) is 0.803. The third-order valence-electron chi connectivity index (χ3n) is 1.95. The highest BCUT2D eigenvalue weighted by molar-refractivity contribution is 7.90. The first-order valence-electron chi connectivity index (χ1n) is 6.97. The zero-order valence-corrected chi connectivity index (χ0v) is 12.2. The SMILES string of the molecule is [2H]C([2H])([2H])N(C(=O)OC(C)(C)C)[C@@H](CCS(C)(=O)=O)C(=O)O. The van der Waals surface area contributed by atoms with Gasteiger partial charge in [0.05, 0.1) is 5.75 Å². The molecule has 0 aromatic heterocycles. The fraction of sp³-hybridized carbons (Fsp3) is 0.818. The molecular weight excluding hydrogens is 274 g/mol. The molecule has 0 bridgehead atoms. The summed E-state index contributed by atoms with van der Waals surface area (Å²) in [5.41, 5.74) is -1.03. The van der Waals surface area contributed by atoms with Gasteiger partial charge in [-0.25, -0.2) is 18.0 Å². The molecular formula is C11H21NO6S. The molecule has 0 aliphatic carbocycles. The van der Waals surface area contributed by atoms with Crippen molar-refractivity contribution in [3.8, 4) is 0 Å². The van der Waals surface area contributed by atoms with Gasteiger partial charge in [0, 0.05) is 17.3 Å². The Morgan fingerprint density at radius 2 is 1.95 bits per heavy atom. The number of carboxylic acid groups (broad SMARTS) is 1. The molecule has 1 atom stereocenters. The summed E-state index contributed by atoms with van der Waals surface area (Å²) < 4.78 is 49.2. The zero-order chi connectivity index (χ0) is 17.9. The van der Waals surface area contributed by atoms with Crippen LogP contribution in [0.4, 0.5) is 4.79 Å². The van der Waals surface area contributed by atoms with Gasteiger partial charge in [0.25, 0.3) is 0 Å². The maximum absolute atomic E-state index is 12.0. The molecule has 0 aliphatic rings. The predicted molar refractivity (Wildman–Crippen MR) is 69.7 cm³/mol. The number of rotatable bonds is 5. The first-order chi connectivity index (χ1) is 9.54. The summed E-state index contributed by atoms with van der Waals surface area (Å²) in [6.45, 7) is 1.40. The van der Waals surface area contributed by atoms with E-state index in [1.54, 1.807) is 0 Å². The van der Waals surface area contributed by atoms with Gasteiger partial charge in [-0.1, -0.05) is 0 Å². The van der Waals surface area contributed by atoms with Crippen LogP contribution in [-0.4, -0.2) is 61.1 Å². The van der Waals surface area contributed by atoms with Crippen molar-refractivity contribution in [3.63, 3.8) is 0 Å². The van der Waals surface area contributed by atoms with Crippen LogP contribution in [0.3, 0.4) is 0 Å². The number of hydrogen-bond donors (Lipinski definition) is 1. The first kappa shape index (κ1) is 12.7. The topological polar surface area (TPSA) is 101 Å². The van der Waals surface area contributed by atoms with Crippen molar-refractivity contribution in [2.45, 2.75) is 38.8 Å². The molecule has 7 nitrogen and oxygen atoms in total.